The maximum absolute atomic E-state index is 11.9. The number of thioether (sulfide) groups is 1. The van der Waals surface area contributed by atoms with Crippen LogP contribution < -0.4 is 10.1 Å². The van der Waals surface area contributed by atoms with Crippen molar-refractivity contribution in [1.82, 2.24) is 5.32 Å². The van der Waals surface area contributed by atoms with Crippen LogP contribution in [0.25, 0.3) is 0 Å². The largest absolute Gasteiger partial charge is 0.483 e. The van der Waals surface area contributed by atoms with Crippen molar-refractivity contribution in [2.45, 2.75) is 19.6 Å². The second-order valence-electron chi connectivity index (χ2n) is 5.73. The van der Waals surface area contributed by atoms with Crippen molar-refractivity contribution in [3.05, 3.63) is 64.7 Å². The molecule has 0 aliphatic rings. The summed E-state index contributed by atoms with van der Waals surface area (Å²) in [6, 6.07) is 15.7. The molecule has 0 aromatic heterocycles. The van der Waals surface area contributed by atoms with E-state index in [1.165, 1.54) is 0 Å². The topological polar surface area (TPSA) is 62.1 Å². The van der Waals surface area contributed by atoms with E-state index in [2.05, 4.69) is 11.4 Å². The summed E-state index contributed by atoms with van der Waals surface area (Å²) < 4.78 is 5.58. The Hall–Kier alpha value is -2.45. The Labute approximate surface area is 153 Å². The number of hydrogen-bond acceptors (Lipinski definition) is 4. The predicted octanol–water partition coefficient (Wildman–Crippen LogP) is 3.60. The van der Waals surface area contributed by atoms with Gasteiger partial charge >= 0.3 is 0 Å². The van der Waals surface area contributed by atoms with Crippen LogP contribution in [0, 0.1) is 25.2 Å². The Bertz CT molecular complexity index is 769. The highest BCUT2D eigenvalue weighted by molar-refractivity contribution is 7.98. The Morgan fingerprint density at radius 1 is 1.24 bits per heavy atom. The van der Waals surface area contributed by atoms with Crippen molar-refractivity contribution in [1.29, 1.82) is 5.26 Å². The van der Waals surface area contributed by atoms with Gasteiger partial charge in [-0.05, 0) is 42.7 Å². The highest BCUT2D eigenvalue weighted by atomic mass is 32.2. The minimum atomic E-state index is -0.126. The molecule has 0 heterocycles. The molecule has 2 aromatic carbocycles. The number of carbonyl (C=O) groups excluding carboxylic acids is 1. The van der Waals surface area contributed by atoms with E-state index < -0.39 is 0 Å². The van der Waals surface area contributed by atoms with Gasteiger partial charge in [0.25, 0.3) is 5.91 Å². The van der Waals surface area contributed by atoms with Crippen LogP contribution in [0.1, 0.15) is 22.3 Å². The summed E-state index contributed by atoms with van der Waals surface area (Å²) in [5, 5.41) is 11.9. The third-order valence-electron chi connectivity index (χ3n) is 3.67. The molecule has 0 saturated heterocycles. The molecule has 0 fully saturated rings. The van der Waals surface area contributed by atoms with Gasteiger partial charge in [0.2, 0.25) is 0 Å². The van der Waals surface area contributed by atoms with Crippen molar-refractivity contribution in [3.63, 3.8) is 0 Å². The first-order valence-electron chi connectivity index (χ1n) is 8.12. The number of benzene rings is 2. The van der Waals surface area contributed by atoms with Gasteiger partial charge in [0.15, 0.2) is 6.61 Å². The van der Waals surface area contributed by atoms with Gasteiger partial charge < -0.3 is 10.1 Å². The molecule has 5 heteroatoms. The van der Waals surface area contributed by atoms with Gasteiger partial charge in [-0.3, -0.25) is 4.79 Å². The number of ether oxygens (including phenoxy) is 1. The number of rotatable bonds is 8. The van der Waals surface area contributed by atoms with Crippen molar-refractivity contribution < 1.29 is 9.53 Å². The van der Waals surface area contributed by atoms with E-state index >= 15 is 0 Å². The molecule has 0 radical (unpaired) electrons. The maximum atomic E-state index is 11.9. The zero-order chi connectivity index (χ0) is 18.1. The summed E-state index contributed by atoms with van der Waals surface area (Å²) in [5.74, 6) is 2.17. The van der Waals surface area contributed by atoms with E-state index in [4.69, 9.17) is 10.00 Å². The Kier molecular flexibility index (Phi) is 7.36. The number of nitriles is 1. The van der Waals surface area contributed by atoms with Crippen LogP contribution >= 0.6 is 11.8 Å². The van der Waals surface area contributed by atoms with Gasteiger partial charge in [0.1, 0.15) is 5.75 Å². The molecule has 130 valence electrons. The number of carbonyl (C=O) groups is 1. The fourth-order valence-corrected chi connectivity index (χ4v) is 3.12. The monoisotopic (exact) mass is 354 g/mol. The molecule has 2 aromatic rings. The normalized spacial score (nSPS) is 10.1. The first-order chi connectivity index (χ1) is 12.1. The molecule has 0 saturated carbocycles. The van der Waals surface area contributed by atoms with Gasteiger partial charge in [-0.15, -0.1) is 0 Å². The Morgan fingerprint density at radius 3 is 2.84 bits per heavy atom. The minimum Gasteiger partial charge on any atom is -0.483 e. The summed E-state index contributed by atoms with van der Waals surface area (Å²) in [5.41, 5.74) is 3.86. The summed E-state index contributed by atoms with van der Waals surface area (Å²) in [4.78, 5) is 11.9. The molecular formula is C20H22N2O2S. The van der Waals surface area contributed by atoms with Crippen LogP contribution in [0.15, 0.2) is 42.5 Å². The molecule has 4 nitrogen and oxygen atoms in total. The van der Waals surface area contributed by atoms with E-state index in [-0.39, 0.29) is 12.5 Å². The van der Waals surface area contributed by atoms with Gasteiger partial charge in [0.05, 0.1) is 11.6 Å². The summed E-state index contributed by atoms with van der Waals surface area (Å²) in [6.45, 7) is 4.55. The quantitative estimate of drug-likeness (QED) is 0.736. The second kappa shape index (κ2) is 9.75. The lowest BCUT2D eigenvalue weighted by Gasteiger charge is -2.10. The van der Waals surface area contributed by atoms with Crippen LogP contribution in [-0.4, -0.2) is 24.8 Å². The van der Waals surface area contributed by atoms with E-state index in [9.17, 15) is 4.79 Å². The minimum absolute atomic E-state index is 0.0201. The molecule has 0 aliphatic carbocycles. The van der Waals surface area contributed by atoms with Crippen molar-refractivity contribution in [2.75, 3.05) is 18.9 Å². The van der Waals surface area contributed by atoms with Crippen LogP contribution in [0.5, 0.6) is 5.75 Å². The highest BCUT2D eigenvalue weighted by Gasteiger charge is 2.05. The molecule has 0 atom stereocenters. The average molecular weight is 354 g/mol. The number of nitrogens with zero attached hydrogens (tertiary/aromatic N) is 1. The third-order valence-corrected chi connectivity index (χ3v) is 4.67. The van der Waals surface area contributed by atoms with Gasteiger partial charge in [0, 0.05) is 18.1 Å². The summed E-state index contributed by atoms with van der Waals surface area (Å²) in [6.07, 6.45) is 0. The zero-order valence-electron chi connectivity index (χ0n) is 14.5. The van der Waals surface area contributed by atoms with E-state index in [0.717, 1.165) is 33.9 Å². The molecule has 0 spiro atoms. The van der Waals surface area contributed by atoms with Gasteiger partial charge in [-0.25, -0.2) is 0 Å². The maximum Gasteiger partial charge on any atom is 0.257 e. The van der Waals surface area contributed by atoms with Crippen molar-refractivity contribution in [3.8, 4) is 11.8 Å². The lowest BCUT2D eigenvalue weighted by atomic mass is 10.1. The molecule has 2 rings (SSSR count). The van der Waals surface area contributed by atoms with Crippen molar-refractivity contribution in [2.24, 2.45) is 0 Å². The van der Waals surface area contributed by atoms with Crippen LogP contribution in [0.3, 0.4) is 0 Å². The predicted molar refractivity (Wildman–Crippen MR) is 102 cm³/mol. The Morgan fingerprint density at radius 2 is 2.04 bits per heavy atom. The number of aryl methyl sites for hydroxylation is 2. The van der Waals surface area contributed by atoms with Crippen LogP contribution in [0.2, 0.25) is 0 Å². The van der Waals surface area contributed by atoms with E-state index in [0.29, 0.717) is 12.1 Å². The highest BCUT2D eigenvalue weighted by Crippen LogP contribution is 2.19. The number of nitrogens with one attached hydrogen (secondary N) is 1. The molecule has 25 heavy (non-hydrogen) atoms. The molecule has 1 amide bonds. The first-order valence-corrected chi connectivity index (χ1v) is 9.28. The van der Waals surface area contributed by atoms with E-state index in [1.54, 1.807) is 11.8 Å². The van der Waals surface area contributed by atoms with Gasteiger partial charge in [-0.2, -0.15) is 17.0 Å². The van der Waals surface area contributed by atoms with Gasteiger partial charge in [-0.1, -0.05) is 30.3 Å². The second-order valence-corrected chi connectivity index (χ2v) is 6.83. The fourth-order valence-electron chi connectivity index (χ4n) is 2.26. The lowest BCUT2D eigenvalue weighted by Crippen LogP contribution is -2.30. The average Bonchev–Trinajstić information content (AvgIpc) is 2.62. The molecule has 0 bridgehead atoms. The molecular weight excluding hydrogens is 332 g/mol. The van der Waals surface area contributed by atoms with Crippen molar-refractivity contribution >= 4 is 17.7 Å². The number of hydrogen-bond donors (Lipinski definition) is 1. The van der Waals surface area contributed by atoms with Crippen LogP contribution in [-0.2, 0) is 10.5 Å². The standard InChI is InChI=1S/C20H22N2O2S/c1-15-7-8-16(2)19(11-15)24-13-20(23)22-9-10-25-14-18-6-4-3-5-17(18)12-21/h3-8,11H,9-10,13-14H2,1-2H3,(H,22,23). The number of amides is 1. The third kappa shape index (κ3) is 6.17. The summed E-state index contributed by atoms with van der Waals surface area (Å²) in [7, 11) is 0. The first kappa shape index (κ1) is 18.9. The fraction of sp³-hybridized carbons (Fsp3) is 0.300. The lowest BCUT2D eigenvalue weighted by molar-refractivity contribution is -0.122. The molecule has 1 N–H and O–H groups in total. The summed E-state index contributed by atoms with van der Waals surface area (Å²) >= 11 is 1.69. The Balaban J connectivity index is 1.66. The van der Waals surface area contributed by atoms with E-state index in [1.807, 2.05) is 56.3 Å². The SMILES string of the molecule is Cc1ccc(C)c(OCC(=O)NCCSCc2ccccc2C#N)c1. The molecule has 0 unspecified atom stereocenters. The zero-order valence-corrected chi connectivity index (χ0v) is 15.4. The molecule has 0 aliphatic heterocycles. The van der Waals surface area contributed by atoms with Crippen LogP contribution in [0.4, 0.5) is 0 Å². The smallest absolute Gasteiger partial charge is 0.257 e.